The molecule has 0 aliphatic carbocycles. The van der Waals surface area contributed by atoms with Gasteiger partial charge in [-0.25, -0.2) is 0 Å². The summed E-state index contributed by atoms with van der Waals surface area (Å²) in [4.78, 5) is 39.6. The van der Waals surface area contributed by atoms with Gasteiger partial charge in [-0.1, -0.05) is 41.9 Å². The molecule has 0 unspecified atom stereocenters. The summed E-state index contributed by atoms with van der Waals surface area (Å²) in [5.41, 5.74) is 1.05. The zero-order valence-corrected chi connectivity index (χ0v) is 21.7. The van der Waals surface area contributed by atoms with E-state index in [2.05, 4.69) is 0 Å². The quantitative estimate of drug-likeness (QED) is 0.412. The van der Waals surface area contributed by atoms with Gasteiger partial charge in [0.05, 0.1) is 6.04 Å². The van der Waals surface area contributed by atoms with Gasteiger partial charge in [0.1, 0.15) is 12.7 Å². The van der Waals surface area contributed by atoms with Gasteiger partial charge in [-0.15, -0.1) is 11.8 Å². The van der Waals surface area contributed by atoms with Gasteiger partial charge in [-0.3, -0.25) is 24.1 Å². The largest absolute Gasteiger partial charge is 0.420 e. The van der Waals surface area contributed by atoms with Crippen molar-refractivity contribution in [1.29, 1.82) is 0 Å². The second-order valence-corrected chi connectivity index (χ2v) is 10.3. The third-order valence-electron chi connectivity index (χ3n) is 6.59. The number of aromatic nitrogens is 1. The van der Waals surface area contributed by atoms with E-state index in [0.29, 0.717) is 15.7 Å². The molecule has 0 N–H and O–H groups in total. The number of hydrogen-bond acceptors (Lipinski definition) is 6. The maximum atomic E-state index is 14.0. The van der Waals surface area contributed by atoms with Crippen LogP contribution in [0.2, 0.25) is 5.02 Å². The summed E-state index contributed by atoms with van der Waals surface area (Å²) in [5.74, 6) is -2.07. The predicted molar refractivity (Wildman–Crippen MR) is 136 cm³/mol. The summed E-state index contributed by atoms with van der Waals surface area (Å²) in [6.45, 7) is 1.45. The zero-order valence-electron chi connectivity index (χ0n) is 20.2. The average Bonchev–Trinajstić information content (AvgIpc) is 3.02. The molecule has 0 saturated heterocycles. The Bertz CT molecular complexity index is 1510. The van der Waals surface area contributed by atoms with E-state index in [-0.39, 0.29) is 0 Å². The number of fused-ring (bicyclic) bond motifs is 3. The maximum absolute atomic E-state index is 14.0. The molecule has 0 bridgehead atoms. The fraction of sp³-hybridized carbons (Fsp3) is 0.269. The second-order valence-electron chi connectivity index (χ2n) is 8.91. The van der Waals surface area contributed by atoms with Gasteiger partial charge < -0.3 is 9.64 Å². The van der Waals surface area contributed by atoms with E-state index in [1.165, 1.54) is 10.9 Å². The lowest BCUT2D eigenvalue weighted by molar-refractivity contribution is -0.173. The van der Waals surface area contributed by atoms with Crippen molar-refractivity contribution in [2.24, 2.45) is 0 Å². The SMILES string of the molecule is CC(=O)Oc1c2n(ccc1=O)N([C@H]1c3ccccc3SCc3c(Cl)cccc31)CN([C@H](C)C(F)(F)F)C2=O. The first-order chi connectivity index (χ1) is 18.0. The molecule has 0 fully saturated rings. The van der Waals surface area contributed by atoms with E-state index in [1.54, 1.807) is 28.9 Å². The number of carbonyl (C=O) groups excluding carboxylic acids is 2. The van der Waals surface area contributed by atoms with Crippen LogP contribution in [0, 0.1) is 0 Å². The molecular formula is C26H21ClF3N3O4S. The number of pyridine rings is 1. The number of esters is 1. The highest BCUT2D eigenvalue weighted by molar-refractivity contribution is 7.98. The monoisotopic (exact) mass is 563 g/mol. The molecule has 1 aromatic heterocycles. The Kier molecular flexibility index (Phi) is 6.68. The van der Waals surface area contributed by atoms with Crippen LogP contribution in [-0.2, 0) is 10.5 Å². The summed E-state index contributed by atoms with van der Waals surface area (Å²) in [7, 11) is 0. The molecule has 0 saturated carbocycles. The second kappa shape index (κ2) is 9.70. The molecule has 0 radical (unpaired) electrons. The van der Waals surface area contributed by atoms with E-state index in [9.17, 15) is 27.6 Å². The number of thioether (sulfide) groups is 1. The smallest absolute Gasteiger partial charge is 0.408 e. The number of alkyl halides is 3. The first-order valence-corrected chi connectivity index (χ1v) is 12.9. The Morgan fingerprint density at radius 3 is 2.53 bits per heavy atom. The number of halogens is 4. The van der Waals surface area contributed by atoms with Crippen LogP contribution in [0.1, 0.15) is 47.1 Å². The van der Waals surface area contributed by atoms with Crippen LogP contribution in [-0.4, -0.2) is 40.3 Å². The van der Waals surface area contributed by atoms with Crippen molar-refractivity contribution in [2.75, 3.05) is 11.7 Å². The minimum atomic E-state index is -4.75. The van der Waals surface area contributed by atoms with Crippen molar-refractivity contribution in [3.63, 3.8) is 0 Å². The van der Waals surface area contributed by atoms with Crippen LogP contribution >= 0.6 is 23.4 Å². The maximum Gasteiger partial charge on any atom is 0.408 e. The Morgan fingerprint density at radius 1 is 1.11 bits per heavy atom. The molecule has 2 atom stereocenters. The fourth-order valence-electron chi connectivity index (χ4n) is 4.73. The van der Waals surface area contributed by atoms with Crippen molar-refractivity contribution < 1.29 is 27.5 Å². The normalized spacial score (nSPS) is 17.7. The number of amides is 1. The Balaban J connectivity index is 1.81. The minimum absolute atomic E-state index is 0.465. The minimum Gasteiger partial charge on any atom is -0.420 e. The lowest BCUT2D eigenvalue weighted by Crippen LogP contribution is -2.60. The van der Waals surface area contributed by atoms with Gasteiger partial charge in [0.15, 0.2) is 5.69 Å². The molecule has 12 heteroatoms. The number of benzene rings is 2. The molecule has 38 heavy (non-hydrogen) atoms. The molecule has 1 amide bonds. The lowest BCUT2D eigenvalue weighted by atomic mass is 9.94. The van der Waals surface area contributed by atoms with Gasteiger partial charge in [0, 0.05) is 34.9 Å². The third kappa shape index (κ3) is 4.43. The first-order valence-electron chi connectivity index (χ1n) is 11.6. The van der Waals surface area contributed by atoms with E-state index in [4.69, 9.17) is 16.3 Å². The summed E-state index contributed by atoms with van der Waals surface area (Å²) in [6.07, 6.45) is -3.44. The van der Waals surface area contributed by atoms with E-state index in [0.717, 1.165) is 41.5 Å². The van der Waals surface area contributed by atoms with Crippen molar-refractivity contribution in [2.45, 2.75) is 42.8 Å². The van der Waals surface area contributed by atoms with Crippen molar-refractivity contribution in [3.8, 4) is 5.75 Å². The Morgan fingerprint density at radius 2 is 1.82 bits per heavy atom. The number of hydrogen-bond donors (Lipinski definition) is 0. The van der Waals surface area contributed by atoms with E-state index < -0.39 is 53.7 Å². The summed E-state index contributed by atoms with van der Waals surface area (Å²) in [5, 5.41) is 2.06. The summed E-state index contributed by atoms with van der Waals surface area (Å²) < 4.78 is 48.3. The number of ether oxygens (including phenoxy) is 1. The molecule has 2 aliphatic rings. The average molecular weight is 564 g/mol. The molecule has 2 aliphatic heterocycles. The predicted octanol–water partition coefficient (Wildman–Crippen LogP) is 5.12. The number of rotatable bonds is 3. The van der Waals surface area contributed by atoms with Gasteiger partial charge >= 0.3 is 12.1 Å². The molecule has 5 rings (SSSR count). The standard InChI is InChI=1S/C26H21ClF3N3O4S/c1-14(26(28,29)30)31-13-33(32-11-10-20(35)24(37-15(2)34)23(32)25(31)36)22-16-7-5-8-19(27)18(16)12-38-21-9-4-3-6-17(21)22/h3-11,14,22H,12-13H2,1-2H3/t14-,22-/m1/s1. The number of carbonyl (C=O) groups is 2. The highest BCUT2D eigenvalue weighted by Gasteiger charge is 2.48. The van der Waals surface area contributed by atoms with Crippen LogP contribution in [0.5, 0.6) is 5.75 Å². The first kappa shape index (κ1) is 26.2. The van der Waals surface area contributed by atoms with Crippen LogP contribution in [0.4, 0.5) is 13.2 Å². The highest BCUT2D eigenvalue weighted by Crippen LogP contribution is 2.45. The summed E-state index contributed by atoms with van der Waals surface area (Å²) in [6, 6.07) is 11.0. The van der Waals surface area contributed by atoms with Crippen molar-refractivity contribution in [1.82, 2.24) is 9.58 Å². The lowest BCUT2D eigenvalue weighted by Gasteiger charge is -2.46. The molecule has 0 spiro atoms. The third-order valence-corrected chi connectivity index (χ3v) is 8.06. The fourth-order valence-corrected chi connectivity index (χ4v) is 6.20. The molecule has 198 valence electrons. The van der Waals surface area contributed by atoms with Crippen molar-refractivity contribution >= 4 is 35.2 Å². The van der Waals surface area contributed by atoms with Crippen LogP contribution in [0.15, 0.2) is 64.4 Å². The molecule has 3 aromatic rings. The van der Waals surface area contributed by atoms with E-state index >= 15 is 0 Å². The van der Waals surface area contributed by atoms with Gasteiger partial charge in [0.2, 0.25) is 11.2 Å². The molecular weight excluding hydrogens is 543 g/mol. The molecule has 3 heterocycles. The van der Waals surface area contributed by atoms with Crippen LogP contribution < -0.4 is 15.2 Å². The number of nitrogens with zero attached hydrogens (tertiary/aromatic N) is 3. The van der Waals surface area contributed by atoms with E-state index in [1.807, 2.05) is 30.3 Å². The highest BCUT2D eigenvalue weighted by atomic mass is 35.5. The van der Waals surface area contributed by atoms with Crippen LogP contribution in [0.3, 0.4) is 0 Å². The van der Waals surface area contributed by atoms with Gasteiger partial charge in [0.25, 0.3) is 5.91 Å². The van der Waals surface area contributed by atoms with Crippen molar-refractivity contribution in [3.05, 3.63) is 92.4 Å². The molecule has 7 nitrogen and oxygen atoms in total. The van der Waals surface area contributed by atoms with Crippen LogP contribution in [0.25, 0.3) is 0 Å². The van der Waals surface area contributed by atoms with Gasteiger partial charge in [-0.05, 0) is 35.7 Å². The summed E-state index contributed by atoms with van der Waals surface area (Å²) >= 11 is 8.12. The Hall–Kier alpha value is -3.44. The molecule has 2 aromatic carbocycles. The zero-order chi connectivity index (χ0) is 27.4. The van der Waals surface area contributed by atoms with Gasteiger partial charge in [-0.2, -0.15) is 13.2 Å². The Labute approximate surface area is 224 Å². The topological polar surface area (TPSA) is 71.8 Å².